The lowest BCUT2D eigenvalue weighted by Gasteiger charge is -2.26. The van der Waals surface area contributed by atoms with Crippen LogP contribution in [0.3, 0.4) is 0 Å². The maximum atomic E-state index is 12.1. The summed E-state index contributed by atoms with van der Waals surface area (Å²) in [4.78, 5) is 0. The highest BCUT2D eigenvalue weighted by Gasteiger charge is 2.22. The number of aryl methyl sites for hydroxylation is 1. The van der Waals surface area contributed by atoms with E-state index in [1.807, 2.05) is 51.1 Å². The van der Waals surface area contributed by atoms with Gasteiger partial charge in [-0.25, -0.2) is 12.7 Å². The standard InChI is InChI=1S/C15H25NO2S/c1-15(2,3)13-16(4)19(17,18)12-8-11-14-9-6-5-7-10-14/h5-7,9-10H,8,11-13H2,1-4H3. The van der Waals surface area contributed by atoms with Gasteiger partial charge in [0.2, 0.25) is 10.0 Å². The predicted molar refractivity (Wildman–Crippen MR) is 80.6 cm³/mol. The molecular formula is C15H25NO2S. The first-order chi connectivity index (χ1) is 8.71. The van der Waals surface area contributed by atoms with Crippen molar-refractivity contribution in [3.8, 4) is 0 Å². The van der Waals surface area contributed by atoms with E-state index in [1.165, 1.54) is 9.87 Å². The van der Waals surface area contributed by atoms with Gasteiger partial charge in [-0.2, -0.15) is 0 Å². The Bertz CT molecular complexity index is 475. The van der Waals surface area contributed by atoms with Gasteiger partial charge in [-0.3, -0.25) is 0 Å². The molecule has 108 valence electrons. The fraction of sp³-hybridized carbons (Fsp3) is 0.600. The SMILES string of the molecule is CN(CC(C)(C)C)S(=O)(=O)CCCc1ccccc1. The minimum atomic E-state index is -3.13. The first-order valence-corrected chi connectivity index (χ1v) is 8.29. The quantitative estimate of drug-likeness (QED) is 0.805. The van der Waals surface area contributed by atoms with E-state index in [2.05, 4.69) is 0 Å². The molecule has 1 rings (SSSR count). The van der Waals surface area contributed by atoms with Crippen LogP contribution >= 0.6 is 0 Å². The molecule has 0 aliphatic carbocycles. The largest absolute Gasteiger partial charge is 0.213 e. The monoisotopic (exact) mass is 283 g/mol. The van der Waals surface area contributed by atoms with E-state index in [-0.39, 0.29) is 11.2 Å². The maximum Gasteiger partial charge on any atom is 0.213 e. The highest BCUT2D eigenvalue weighted by Crippen LogP contribution is 2.17. The summed E-state index contributed by atoms with van der Waals surface area (Å²) in [6.45, 7) is 6.69. The second-order valence-electron chi connectivity index (χ2n) is 6.22. The Kier molecular flexibility index (Phi) is 5.56. The molecule has 0 saturated heterocycles. The van der Waals surface area contributed by atoms with Crippen molar-refractivity contribution in [2.75, 3.05) is 19.3 Å². The first-order valence-electron chi connectivity index (χ1n) is 6.69. The van der Waals surface area contributed by atoms with Crippen molar-refractivity contribution < 1.29 is 8.42 Å². The number of nitrogens with zero attached hydrogens (tertiary/aromatic N) is 1. The number of benzene rings is 1. The fourth-order valence-electron chi connectivity index (χ4n) is 2.03. The predicted octanol–water partition coefficient (Wildman–Crippen LogP) is 2.93. The maximum absolute atomic E-state index is 12.1. The summed E-state index contributed by atoms with van der Waals surface area (Å²) >= 11 is 0. The molecule has 0 amide bonds. The first kappa shape index (κ1) is 16.2. The average molecular weight is 283 g/mol. The van der Waals surface area contributed by atoms with Crippen molar-refractivity contribution >= 4 is 10.0 Å². The van der Waals surface area contributed by atoms with Gasteiger partial charge in [-0.1, -0.05) is 51.1 Å². The van der Waals surface area contributed by atoms with Crippen LogP contribution in [-0.4, -0.2) is 32.1 Å². The summed E-state index contributed by atoms with van der Waals surface area (Å²) in [6, 6.07) is 10.00. The lowest BCUT2D eigenvalue weighted by atomic mass is 9.97. The fourth-order valence-corrected chi connectivity index (χ4v) is 3.43. The van der Waals surface area contributed by atoms with Crippen molar-refractivity contribution in [3.05, 3.63) is 35.9 Å². The molecule has 1 aromatic carbocycles. The summed E-state index contributed by atoms with van der Waals surface area (Å²) < 4.78 is 25.7. The van der Waals surface area contributed by atoms with E-state index in [1.54, 1.807) is 7.05 Å². The van der Waals surface area contributed by atoms with Crippen molar-refractivity contribution in [1.29, 1.82) is 0 Å². The van der Waals surface area contributed by atoms with Crippen LogP contribution in [0, 0.1) is 5.41 Å². The van der Waals surface area contributed by atoms with E-state index < -0.39 is 10.0 Å². The van der Waals surface area contributed by atoms with Crippen LogP contribution in [0.1, 0.15) is 32.8 Å². The molecule has 0 fully saturated rings. The smallest absolute Gasteiger partial charge is 0.212 e. The third-order valence-corrected chi connectivity index (χ3v) is 4.77. The Labute approximate surface area is 117 Å². The van der Waals surface area contributed by atoms with Crippen LogP contribution in [0.5, 0.6) is 0 Å². The molecule has 1 aromatic rings. The molecule has 0 saturated carbocycles. The van der Waals surface area contributed by atoms with Crippen LogP contribution in [0.15, 0.2) is 30.3 Å². The molecule has 0 spiro atoms. The third kappa shape index (κ3) is 6.21. The van der Waals surface area contributed by atoms with Gasteiger partial charge in [0.25, 0.3) is 0 Å². The Hall–Kier alpha value is -0.870. The van der Waals surface area contributed by atoms with E-state index in [4.69, 9.17) is 0 Å². The molecule has 0 heterocycles. The molecule has 0 bridgehead atoms. The highest BCUT2D eigenvalue weighted by molar-refractivity contribution is 7.89. The van der Waals surface area contributed by atoms with Gasteiger partial charge in [-0.05, 0) is 23.8 Å². The second kappa shape index (κ2) is 6.53. The Morgan fingerprint density at radius 2 is 1.68 bits per heavy atom. The summed E-state index contributed by atoms with van der Waals surface area (Å²) in [6.07, 6.45) is 1.48. The number of hydrogen-bond donors (Lipinski definition) is 0. The van der Waals surface area contributed by atoms with Crippen molar-refractivity contribution in [2.24, 2.45) is 5.41 Å². The summed E-state index contributed by atoms with van der Waals surface area (Å²) in [5, 5.41) is 0. The molecule has 4 heteroatoms. The van der Waals surface area contributed by atoms with Crippen molar-refractivity contribution in [3.63, 3.8) is 0 Å². The van der Waals surface area contributed by atoms with E-state index in [9.17, 15) is 8.42 Å². The Balaban J connectivity index is 2.47. The van der Waals surface area contributed by atoms with Gasteiger partial charge in [-0.15, -0.1) is 0 Å². The van der Waals surface area contributed by atoms with Crippen LogP contribution < -0.4 is 0 Å². The zero-order chi connectivity index (χ0) is 14.5. The van der Waals surface area contributed by atoms with Gasteiger partial charge in [0.15, 0.2) is 0 Å². The van der Waals surface area contributed by atoms with E-state index in [0.29, 0.717) is 13.0 Å². The van der Waals surface area contributed by atoms with Crippen LogP contribution in [0.2, 0.25) is 0 Å². The third-order valence-electron chi connectivity index (χ3n) is 2.88. The van der Waals surface area contributed by atoms with Crippen molar-refractivity contribution in [2.45, 2.75) is 33.6 Å². The van der Waals surface area contributed by atoms with Crippen LogP contribution in [0.4, 0.5) is 0 Å². The summed E-state index contributed by atoms with van der Waals surface area (Å²) in [7, 11) is -1.46. The van der Waals surface area contributed by atoms with Gasteiger partial charge >= 0.3 is 0 Å². The number of rotatable bonds is 6. The molecule has 0 unspecified atom stereocenters. The van der Waals surface area contributed by atoms with Gasteiger partial charge < -0.3 is 0 Å². The van der Waals surface area contributed by atoms with E-state index >= 15 is 0 Å². The topological polar surface area (TPSA) is 37.4 Å². The normalized spacial score (nSPS) is 12.9. The molecule has 0 aliphatic rings. The minimum Gasteiger partial charge on any atom is -0.212 e. The van der Waals surface area contributed by atoms with Gasteiger partial charge in [0, 0.05) is 13.6 Å². The molecule has 0 aliphatic heterocycles. The number of sulfonamides is 1. The summed E-state index contributed by atoms with van der Waals surface area (Å²) in [5.41, 5.74) is 1.18. The summed E-state index contributed by atoms with van der Waals surface area (Å²) in [5.74, 6) is 0.217. The zero-order valence-corrected chi connectivity index (χ0v) is 13.2. The lowest BCUT2D eigenvalue weighted by molar-refractivity contribution is 0.310. The molecule has 0 N–H and O–H groups in total. The zero-order valence-electron chi connectivity index (χ0n) is 12.4. The molecule has 3 nitrogen and oxygen atoms in total. The van der Waals surface area contributed by atoms with Gasteiger partial charge in [0.05, 0.1) is 5.75 Å². The average Bonchev–Trinajstić information content (AvgIpc) is 2.28. The van der Waals surface area contributed by atoms with Crippen LogP contribution in [-0.2, 0) is 16.4 Å². The second-order valence-corrected chi connectivity index (χ2v) is 8.42. The highest BCUT2D eigenvalue weighted by atomic mass is 32.2. The molecule has 0 aromatic heterocycles. The number of hydrogen-bond acceptors (Lipinski definition) is 2. The Morgan fingerprint density at radius 1 is 1.11 bits per heavy atom. The molecule has 19 heavy (non-hydrogen) atoms. The molecule has 0 atom stereocenters. The Morgan fingerprint density at radius 3 is 2.21 bits per heavy atom. The molecular weight excluding hydrogens is 258 g/mol. The lowest BCUT2D eigenvalue weighted by Crippen LogP contribution is -2.36. The van der Waals surface area contributed by atoms with Crippen molar-refractivity contribution in [1.82, 2.24) is 4.31 Å². The van der Waals surface area contributed by atoms with Crippen LogP contribution in [0.25, 0.3) is 0 Å². The van der Waals surface area contributed by atoms with E-state index in [0.717, 1.165) is 6.42 Å². The van der Waals surface area contributed by atoms with Gasteiger partial charge in [0.1, 0.15) is 0 Å². The molecule has 0 radical (unpaired) electrons. The minimum absolute atomic E-state index is 0.0126.